The molecule has 34 heavy (non-hydrogen) atoms. The molecule has 0 bridgehead atoms. The average Bonchev–Trinajstić information content (AvgIpc) is 2.84. The van der Waals surface area contributed by atoms with Gasteiger partial charge in [0.05, 0.1) is 16.1 Å². The van der Waals surface area contributed by atoms with Crippen molar-refractivity contribution in [3.63, 3.8) is 0 Å². The van der Waals surface area contributed by atoms with E-state index in [2.05, 4.69) is 5.32 Å². The number of nitrogens with zero attached hydrogens (tertiary/aromatic N) is 2. The molecule has 2 aromatic carbocycles. The maximum Gasteiger partial charge on any atom is 0.270 e. The van der Waals surface area contributed by atoms with Crippen molar-refractivity contribution in [1.82, 2.24) is 4.90 Å². The molecule has 1 heterocycles. The summed E-state index contributed by atoms with van der Waals surface area (Å²) in [5.41, 5.74) is 0.515. The maximum atomic E-state index is 14.0. The Bertz CT molecular complexity index is 1090. The maximum absolute atomic E-state index is 14.0. The number of carbonyl (C=O) groups excluding carboxylic acids is 2. The van der Waals surface area contributed by atoms with Gasteiger partial charge in [0.25, 0.3) is 11.6 Å². The minimum atomic E-state index is -0.890. The summed E-state index contributed by atoms with van der Waals surface area (Å²) in [7, 11) is 0. The number of anilines is 1. The van der Waals surface area contributed by atoms with E-state index in [9.17, 15) is 28.5 Å². The fraction of sp³-hybridized carbons (Fsp3) is 0.440. The third-order valence-corrected chi connectivity index (χ3v) is 6.76. The molecule has 0 radical (unpaired) electrons. The molecule has 1 amide bonds. The van der Waals surface area contributed by atoms with Crippen LogP contribution < -0.4 is 5.32 Å². The van der Waals surface area contributed by atoms with Gasteiger partial charge in [0.1, 0.15) is 11.6 Å². The zero-order chi connectivity index (χ0) is 24.2. The fourth-order valence-electron chi connectivity index (χ4n) is 4.84. The van der Waals surface area contributed by atoms with Crippen molar-refractivity contribution in [3.8, 4) is 0 Å². The number of rotatable bonds is 6. The number of Topliss-reactive ketones (excluding diaryl/α,β-unsaturated/α-hetero) is 1. The summed E-state index contributed by atoms with van der Waals surface area (Å²) >= 11 is 0. The molecule has 9 heteroatoms. The molecule has 2 aliphatic rings. The standard InChI is InChI=1S/C25H27F2N3O4/c26-17-6-8-20(22(27)14-17)24(31)16-10-12-29(13-11-16)25(32)21-15-19(30(33)34)7-9-23(21)28-18-4-2-1-3-5-18/h6-9,14-16,18,28H,1-5,10-13H2. The highest BCUT2D eigenvalue weighted by atomic mass is 19.1. The van der Waals surface area contributed by atoms with Crippen LogP contribution in [-0.2, 0) is 0 Å². The van der Waals surface area contributed by atoms with E-state index in [0.29, 0.717) is 24.6 Å². The number of carbonyl (C=O) groups is 2. The van der Waals surface area contributed by atoms with Gasteiger partial charge in [-0.2, -0.15) is 0 Å². The second-order valence-corrected chi connectivity index (χ2v) is 9.02. The topological polar surface area (TPSA) is 92.5 Å². The van der Waals surface area contributed by atoms with Gasteiger partial charge >= 0.3 is 0 Å². The smallest absolute Gasteiger partial charge is 0.270 e. The highest BCUT2D eigenvalue weighted by molar-refractivity contribution is 6.01. The second-order valence-electron chi connectivity index (χ2n) is 9.02. The van der Waals surface area contributed by atoms with Crippen molar-refractivity contribution in [2.45, 2.75) is 51.0 Å². The number of ketones is 1. The number of halogens is 2. The third kappa shape index (κ3) is 5.24. The summed E-state index contributed by atoms with van der Waals surface area (Å²) in [6.45, 7) is 0.535. The number of nitrogens with one attached hydrogen (secondary N) is 1. The summed E-state index contributed by atoms with van der Waals surface area (Å²) in [4.78, 5) is 38.5. The normalized spacial score (nSPS) is 17.4. The van der Waals surface area contributed by atoms with Crippen molar-refractivity contribution in [3.05, 3.63) is 69.3 Å². The zero-order valence-corrected chi connectivity index (χ0v) is 18.8. The molecule has 7 nitrogen and oxygen atoms in total. The average molecular weight is 472 g/mol. The molecule has 1 aliphatic heterocycles. The van der Waals surface area contributed by atoms with Crippen LogP contribution in [0.4, 0.5) is 20.2 Å². The minimum absolute atomic E-state index is 0.149. The molecular weight excluding hydrogens is 444 g/mol. The van der Waals surface area contributed by atoms with E-state index in [0.717, 1.165) is 37.8 Å². The lowest BCUT2D eigenvalue weighted by atomic mass is 9.88. The molecule has 1 saturated carbocycles. The second kappa shape index (κ2) is 10.3. The molecule has 2 aromatic rings. The van der Waals surface area contributed by atoms with Crippen LogP contribution in [0.1, 0.15) is 65.7 Å². The van der Waals surface area contributed by atoms with Gasteiger partial charge in [-0.1, -0.05) is 19.3 Å². The Kier molecular flexibility index (Phi) is 7.19. The summed E-state index contributed by atoms with van der Waals surface area (Å²) in [6, 6.07) is 7.40. The van der Waals surface area contributed by atoms with Crippen molar-refractivity contribution < 1.29 is 23.3 Å². The summed E-state index contributed by atoms with van der Waals surface area (Å²) in [5.74, 6) is -2.85. The van der Waals surface area contributed by atoms with E-state index >= 15 is 0 Å². The number of non-ortho nitro benzene ring substituents is 1. The van der Waals surface area contributed by atoms with Crippen LogP contribution in [0.3, 0.4) is 0 Å². The quantitative estimate of drug-likeness (QED) is 0.348. The molecule has 180 valence electrons. The first kappa shape index (κ1) is 23.8. The number of hydrogen-bond acceptors (Lipinski definition) is 5. The molecule has 0 unspecified atom stereocenters. The van der Waals surface area contributed by atoms with Crippen molar-refractivity contribution in [2.24, 2.45) is 5.92 Å². The fourth-order valence-corrected chi connectivity index (χ4v) is 4.84. The molecular formula is C25H27F2N3O4. The van der Waals surface area contributed by atoms with Gasteiger partial charge in [0, 0.05) is 48.9 Å². The minimum Gasteiger partial charge on any atom is -0.382 e. The number of piperidine rings is 1. The van der Waals surface area contributed by atoms with Crippen LogP contribution in [0.2, 0.25) is 0 Å². The summed E-state index contributed by atoms with van der Waals surface area (Å²) < 4.78 is 27.2. The van der Waals surface area contributed by atoms with Crippen LogP contribution >= 0.6 is 0 Å². The van der Waals surface area contributed by atoms with Crippen LogP contribution in [0.25, 0.3) is 0 Å². The third-order valence-electron chi connectivity index (χ3n) is 6.76. The molecule has 2 fully saturated rings. The van der Waals surface area contributed by atoms with Crippen molar-refractivity contribution >= 4 is 23.1 Å². The molecule has 4 rings (SSSR count). The Morgan fingerprint density at radius 2 is 1.65 bits per heavy atom. The molecule has 1 N–H and O–H groups in total. The zero-order valence-electron chi connectivity index (χ0n) is 18.8. The Balaban J connectivity index is 1.47. The molecule has 1 saturated heterocycles. The van der Waals surface area contributed by atoms with Gasteiger partial charge in [-0.15, -0.1) is 0 Å². The number of benzene rings is 2. The number of nitro benzene ring substituents is 1. The lowest BCUT2D eigenvalue weighted by Crippen LogP contribution is -2.40. The molecule has 1 aliphatic carbocycles. The highest BCUT2D eigenvalue weighted by Crippen LogP contribution is 2.30. The van der Waals surface area contributed by atoms with E-state index in [-0.39, 0.29) is 41.9 Å². The van der Waals surface area contributed by atoms with Gasteiger partial charge in [-0.25, -0.2) is 8.78 Å². The van der Waals surface area contributed by atoms with E-state index in [4.69, 9.17) is 0 Å². The van der Waals surface area contributed by atoms with Gasteiger partial charge in [-0.05, 0) is 43.9 Å². The van der Waals surface area contributed by atoms with Gasteiger partial charge in [0.2, 0.25) is 0 Å². The lowest BCUT2D eigenvalue weighted by molar-refractivity contribution is -0.384. The van der Waals surface area contributed by atoms with Gasteiger partial charge < -0.3 is 10.2 Å². The summed E-state index contributed by atoms with van der Waals surface area (Å²) in [6.07, 6.45) is 6.02. The van der Waals surface area contributed by atoms with Crippen molar-refractivity contribution in [2.75, 3.05) is 18.4 Å². The lowest BCUT2D eigenvalue weighted by Gasteiger charge is -2.32. The Labute approximate surface area is 196 Å². The van der Waals surface area contributed by atoms with Crippen LogP contribution in [0, 0.1) is 27.7 Å². The van der Waals surface area contributed by atoms with E-state index in [1.165, 1.54) is 18.6 Å². The van der Waals surface area contributed by atoms with E-state index < -0.39 is 28.3 Å². The van der Waals surface area contributed by atoms with E-state index in [1.54, 1.807) is 11.0 Å². The first-order chi connectivity index (χ1) is 16.3. The predicted octanol–water partition coefficient (Wildman–Crippen LogP) is 5.35. The Morgan fingerprint density at radius 1 is 0.941 bits per heavy atom. The number of nitro groups is 1. The number of amides is 1. The first-order valence-corrected chi connectivity index (χ1v) is 11.7. The monoisotopic (exact) mass is 471 g/mol. The highest BCUT2D eigenvalue weighted by Gasteiger charge is 2.31. The first-order valence-electron chi connectivity index (χ1n) is 11.7. The predicted molar refractivity (Wildman–Crippen MR) is 123 cm³/mol. The SMILES string of the molecule is O=C(c1ccc(F)cc1F)C1CCN(C(=O)c2cc([N+](=O)[O-])ccc2NC2CCCCC2)CC1. The van der Waals surface area contributed by atoms with Gasteiger partial charge in [0.15, 0.2) is 5.78 Å². The van der Waals surface area contributed by atoms with Crippen molar-refractivity contribution in [1.29, 1.82) is 0 Å². The molecule has 0 atom stereocenters. The number of likely N-dealkylation sites (tertiary alicyclic amines) is 1. The molecule has 0 spiro atoms. The van der Waals surface area contributed by atoms with Crippen LogP contribution in [-0.4, -0.2) is 40.6 Å². The largest absolute Gasteiger partial charge is 0.382 e. The summed E-state index contributed by atoms with van der Waals surface area (Å²) in [5, 5.41) is 14.7. The Hall–Kier alpha value is -3.36. The van der Waals surface area contributed by atoms with E-state index in [1.807, 2.05) is 0 Å². The van der Waals surface area contributed by atoms with Crippen LogP contribution in [0.5, 0.6) is 0 Å². The molecule has 0 aromatic heterocycles. The Morgan fingerprint density at radius 3 is 2.29 bits per heavy atom. The van der Waals surface area contributed by atoms with Gasteiger partial charge in [-0.3, -0.25) is 19.7 Å². The van der Waals surface area contributed by atoms with Crippen LogP contribution in [0.15, 0.2) is 36.4 Å². The number of hydrogen-bond donors (Lipinski definition) is 1.